The normalized spacial score (nSPS) is 24.3. The van der Waals surface area contributed by atoms with Crippen molar-refractivity contribution in [2.24, 2.45) is 11.8 Å². The number of ether oxygens (including phenoxy) is 1. The number of carbonyl (C=O) groups excluding carboxylic acids is 1. The Labute approximate surface area is 89.6 Å². The number of hydrogen-bond acceptors (Lipinski definition) is 3. The molecule has 0 bridgehead atoms. The van der Waals surface area contributed by atoms with Gasteiger partial charge in [0.15, 0.2) is 0 Å². The van der Waals surface area contributed by atoms with Crippen LogP contribution < -0.4 is 0 Å². The van der Waals surface area contributed by atoms with Crippen LogP contribution in [-0.2, 0) is 14.3 Å². The molecule has 15 heavy (non-hydrogen) atoms. The minimum Gasteiger partial charge on any atom is -0.481 e. The first kappa shape index (κ1) is 12.0. The molecule has 1 rings (SSSR count). The quantitative estimate of drug-likeness (QED) is 0.541. The van der Waals surface area contributed by atoms with Crippen LogP contribution in [0.1, 0.15) is 39.0 Å². The van der Waals surface area contributed by atoms with Crippen molar-refractivity contribution in [2.75, 3.05) is 6.61 Å². The zero-order valence-corrected chi connectivity index (χ0v) is 9.07. The van der Waals surface area contributed by atoms with Crippen molar-refractivity contribution in [3.63, 3.8) is 0 Å². The van der Waals surface area contributed by atoms with E-state index in [0.717, 1.165) is 19.3 Å². The van der Waals surface area contributed by atoms with Gasteiger partial charge in [-0.3, -0.25) is 9.59 Å². The highest BCUT2D eigenvalue weighted by molar-refractivity contribution is 5.82. The van der Waals surface area contributed by atoms with Crippen LogP contribution >= 0.6 is 0 Å². The van der Waals surface area contributed by atoms with Gasteiger partial charge in [-0.1, -0.05) is 19.8 Å². The van der Waals surface area contributed by atoms with Crippen molar-refractivity contribution in [3.8, 4) is 0 Å². The van der Waals surface area contributed by atoms with Gasteiger partial charge in [-0.15, -0.1) is 0 Å². The van der Waals surface area contributed by atoms with Crippen LogP contribution in [0, 0.1) is 11.8 Å². The minimum atomic E-state index is -0.878. The van der Waals surface area contributed by atoms with E-state index in [1.165, 1.54) is 0 Å². The van der Waals surface area contributed by atoms with Gasteiger partial charge in [-0.2, -0.15) is 0 Å². The molecule has 1 aliphatic rings. The summed E-state index contributed by atoms with van der Waals surface area (Å²) in [5.74, 6) is -2.12. The Bertz CT molecular complexity index is 237. The van der Waals surface area contributed by atoms with Crippen LogP contribution in [0.2, 0.25) is 0 Å². The van der Waals surface area contributed by atoms with Gasteiger partial charge in [0.2, 0.25) is 0 Å². The van der Waals surface area contributed by atoms with Gasteiger partial charge in [0, 0.05) is 0 Å². The average Bonchev–Trinajstić information content (AvgIpc) is 2.09. The second kappa shape index (κ2) is 5.73. The van der Waals surface area contributed by atoms with Gasteiger partial charge in [-0.25, -0.2) is 0 Å². The molecule has 0 amide bonds. The molecule has 4 nitrogen and oxygen atoms in total. The summed E-state index contributed by atoms with van der Waals surface area (Å²) in [6.07, 6.45) is 4.25. The van der Waals surface area contributed by atoms with E-state index < -0.39 is 17.8 Å². The van der Waals surface area contributed by atoms with Gasteiger partial charge in [0.05, 0.1) is 18.4 Å². The van der Waals surface area contributed by atoms with Crippen LogP contribution in [0.3, 0.4) is 0 Å². The van der Waals surface area contributed by atoms with Gasteiger partial charge in [0.1, 0.15) is 0 Å². The van der Waals surface area contributed by atoms with E-state index in [1.807, 2.05) is 0 Å². The van der Waals surface area contributed by atoms with E-state index in [1.54, 1.807) is 0 Å². The van der Waals surface area contributed by atoms with Crippen LogP contribution in [0.15, 0.2) is 0 Å². The number of carboxylic acid groups (broad SMARTS) is 1. The maximum absolute atomic E-state index is 11.4. The second-order valence-electron chi connectivity index (χ2n) is 4.00. The predicted molar refractivity (Wildman–Crippen MR) is 54.3 cm³/mol. The number of esters is 1. The Hall–Kier alpha value is -1.06. The van der Waals surface area contributed by atoms with Crippen molar-refractivity contribution in [1.82, 2.24) is 0 Å². The first-order valence-electron chi connectivity index (χ1n) is 5.56. The second-order valence-corrected chi connectivity index (χ2v) is 4.00. The number of carbonyl (C=O) groups is 2. The standard InChI is InChI=1S/C11H18O4/c1-2-3-4-7-15-11(14)9-6-5-8(9)10(12)13/h8-9H,2-7H2,1H3,(H,12,13). The predicted octanol–water partition coefficient (Wildman–Crippen LogP) is 1.83. The Morgan fingerprint density at radius 1 is 1.27 bits per heavy atom. The molecule has 4 heteroatoms. The molecule has 0 saturated heterocycles. The third kappa shape index (κ3) is 3.22. The van der Waals surface area contributed by atoms with Crippen molar-refractivity contribution in [1.29, 1.82) is 0 Å². The summed E-state index contributed by atoms with van der Waals surface area (Å²) < 4.78 is 5.03. The lowest BCUT2D eigenvalue weighted by Gasteiger charge is -2.31. The molecule has 0 spiro atoms. The highest BCUT2D eigenvalue weighted by Crippen LogP contribution is 2.35. The third-order valence-electron chi connectivity index (χ3n) is 2.89. The van der Waals surface area contributed by atoms with Gasteiger partial charge < -0.3 is 9.84 Å². The summed E-state index contributed by atoms with van der Waals surface area (Å²) in [5, 5.41) is 8.75. The fourth-order valence-corrected chi connectivity index (χ4v) is 1.71. The number of hydrogen-bond donors (Lipinski definition) is 1. The lowest BCUT2D eigenvalue weighted by atomic mass is 9.74. The molecule has 2 unspecified atom stereocenters. The summed E-state index contributed by atoms with van der Waals surface area (Å²) in [6, 6.07) is 0. The van der Waals surface area contributed by atoms with Crippen molar-refractivity contribution in [3.05, 3.63) is 0 Å². The van der Waals surface area contributed by atoms with Crippen LogP contribution in [0.25, 0.3) is 0 Å². The molecule has 1 aliphatic carbocycles. The first-order valence-corrected chi connectivity index (χ1v) is 5.56. The highest BCUT2D eigenvalue weighted by Gasteiger charge is 2.42. The molecule has 0 aromatic carbocycles. The molecule has 0 aromatic rings. The molecule has 1 fully saturated rings. The van der Waals surface area contributed by atoms with Crippen molar-refractivity contribution < 1.29 is 19.4 Å². The van der Waals surface area contributed by atoms with Gasteiger partial charge in [0.25, 0.3) is 0 Å². The van der Waals surface area contributed by atoms with E-state index in [9.17, 15) is 9.59 Å². The van der Waals surface area contributed by atoms with Gasteiger partial charge >= 0.3 is 11.9 Å². The SMILES string of the molecule is CCCCCOC(=O)C1CCC1C(=O)O. The molecular formula is C11H18O4. The molecule has 1 saturated carbocycles. The van der Waals surface area contributed by atoms with Crippen molar-refractivity contribution in [2.45, 2.75) is 39.0 Å². The Kier molecular flexibility index (Phi) is 4.59. The first-order chi connectivity index (χ1) is 7.16. The van der Waals surface area contributed by atoms with E-state index in [0.29, 0.717) is 19.4 Å². The maximum atomic E-state index is 11.4. The summed E-state index contributed by atoms with van der Waals surface area (Å²) in [4.78, 5) is 22.1. The monoisotopic (exact) mass is 214 g/mol. The van der Waals surface area contributed by atoms with E-state index >= 15 is 0 Å². The molecule has 2 atom stereocenters. The number of unbranched alkanes of at least 4 members (excludes halogenated alkanes) is 2. The van der Waals surface area contributed by atoms with Crippen LogP contribution in [0.5, 0.6) is 0 Å². The fourth-order valence-electron chi connectivity index (χ4n) is 1.71. The molecule has 1 N–H and O–H groups in total. The molecule has 0 aromatic heterocycles. The Balaban J connectivity index is 2.20. The minimum absolute atomic E-state index is 0.329. The number of carboxylic acids is 1. The lowest BCUT2D eigenvalue weighted by molar-refractivity contribution is -0.164. The van der Waals surface area contributed by atoms with Crippen LogP contribution in [-0.4, -0.2) is 23.7 Å². The summed E-state index contributed by atoms with van der Waals surface area (Å²) in [5.41, 5.74) is 0. The highest BCUT2D eigenvalue weighted by atomic mass is 16.5. The summed E-state index contributed by atoms with van der Waals surface area (Å²) >= 11 is 0. The summed E-state index contributed by atoms with van der Waals surface area (Å²) in [6.45, 7) is 2.50. The average molecular weight is 214 g/mol. The zero-order valence-electron chi connectivity index (χ0n) is 9.07. The molecule has 0 aliphatic heterocycles. The lowest BCUT2D eigenvalue weighted by Crippen LogP contribution is -2.39. The smallest absolute Gasteiger partial charge is 0.309 e. The zero-order chi connectivity index (χ0) is 11.3. The van der Waals surface area contributed by atoms with E-state index in [-0.39, 0.29) is 5.97 Å². The molecular weight excluding hydrogens is 196 g/mol. The van der Waals surface area contributed by atoms with Crippen LogP contribution in [0.4, 0.5) is 0 Å². The topological polar surface area (TPSA) is 63.6 Å². The van der Waals surface area contributed by atoms with Crippen molar-refractivity contribution >= 4 is 11.9 Å². The largest absolute Gasteiger partial charge is 0.481 e. The summed E-state index contributed by atoms with van der Waals surface area (Å²) in [7, 11) is 0. The molecule has 86 valence electrons. The number of rotatable bonds is 6. The third-order valence-corrected chi connectivity index (χ3v) is 2.89. The van der Waals surface area contributed by atoms with E-state index in [4.69, 9.17) is 9.84 Å². The van der Waals surface area contributed by atoms with Gasteiger partial charge in [-0.05, 0) is 19.3 Å². The Morgan fingerprint density at radius 3 is 2.40 bits per heavy atom. The Morgan fingerprint density at radius 2 is 1.93 bits per heavy atom. The molecule has 0 heterocycles. The fraction of sp³-hybridized carbons (Fsp3) is 0.818. The number of aliphatic carboxylic acids is 1. The molecule has 0 radical (unpaired) electrons. The maximum Gasteiger partial charge on any atom is 0.309 e. The van der Waals surface area contributed by atoms with E-state index in [2.05, 4.69) is 6.92 Å².